The van der Waals surface area contributed by atoms with Crippen LogP contribution in [0.3, 0.4) is 0 Å². The largest absolute Gasteiger partial charge is 0.493 e. The molecule has 5 heteroatoms. The van der Waals surface area contributed by atoms with Crippen LogP contribution in [0.4, 0.5) is 0 Å². The molecule has 2 rings (SSSR count). The van der Waals surface area contributed by atoms with Gasteiger partial charge in [-0.1, -0.05) is 39.7 Å². The van der Waals surface area contributed by atoms with E-state index in [1.54, 1.807) is 7.11 Å². The van der Waals surface area contributed by atoms with E-state index in [1.165, 1.54) is 0 Å². The van der Waals surface area contributed by atoms with Crippen molar-refractivity contribution in [2.75, 3.05) is 7.11 Å². The van der Waals surface area contributed by atoms with E-state index in [4.69, 9.17) is 32.7 Å². The molecule has 20 heavy (non-hydrogen) atoms. The molecule has 0 fully saturated rings. The first-order chi connectivity index (χ1) is 9.63. The molecule has 2 aromatic rings. The van der Waals surface area contributed by atoms with Crippen LogP contribution in [-0.4, -0.2) is 7.11 Å². The molecule has 0 saturated carbocycles. The second-order valence-electron chi connectivity index (χ2n) is 4.14. The lowest BCUT2D eigenvalue weighted by molar-refractivity contribution is 0.284. The summed E-state index contributed by atoms with van der Waals surface area (Å²) in [5.74, 6) is 1.77. The van der Waals surface area contributed by atoms with E-state index in [0.717, 1.165) is 15.6 Å². The zero-order valence-corrected chi connectivity index (χ0v) is 13.9. The molecule has 0 aliphatic heterocycles. The molecule has 0 aromatic heterocycles. The lowest BCUT2D eigenvalue weighted by Crippen LogP contribution is -1.99. The summed E-state index contributed by atoms with van der Waals surface area (Å²) in [5.41, 5.74) is 1.90. The molecule has 0 spiro atoms. The predicted molar refractivity (Wildman–Crippen MR) is 86.0 cm³/mol. The summed E-state index contributed by atoms with van der Waals surface area (Å²) in [4.78, 5) is 0. The number of ether oxygens (including phenoxy) is 2. The minimum absolute atomic E-state index is 0.378. The monoisotopic (exact) mass is 374 g/mol. The highest BCUT2D eigenvalue weighted by atomic mass is 79.9. The van der Waals surface area contributed by atoms with E-state index in [0.29, 0.717) is 29.0 Å². The lowest BCUT2D eigenvalue weighted by Gasteiger charge is -2.12. The van der Waals surface area contributed by atoms with Gasteiger partial charge in [-0.2, -0.15) is 0 Å². The van der Waals surface area contributed by atoms with E-state index >= 15 is 0 Å². The number of alkyl halides is 1. The average molecular weight is 376 g/mol. The van der Waals surface area contributed by atoms with Crippen molar-refractivity contribution in [2.45, 2.75) is 12.5 Å². The molecule has 0 N–H and O–H groups in total. The van der Waals surface area contributed by atoms with Gasteiger partial charge in [0.1, 0.15) is 6.61 Å². The third-order valence-electron chi connectivity index (χ3n) is 2.78. The highest BCUT2D eigenvalue weighted by molar-refractivity contribution is 9.10. The topological polar surface area (TPSA) is 18.5 Å². The Kier molecular flexibility index (Phi) is 5.58. The van der Waals surface area contributed by atoms with Crippen LogP contribution in [0.5, 0.6) is 11.5 Å². The van der Waals surface area contributed by atoms with Crippen LogP contribution in [0, 0.1) is 0 Å². The molecule has 0 amide bonds. The van der Waals surface area contributed by atoms with Gasteiger partial charge in [0.25, 0.3) is 0 Å². The van der Waals surface area contributed by atoms with Gasteiger partial charge in [-0.3, -0.25) is 0 Å². The third kappa shape index (κ3) is 3.81. The Labute approximate surface area is 136 Å². The summed E-state index contributed by atoms with van der Waals surface area (Å²) in [7, 11) is 1.60. The third-order valence-corrected chi connectivity index (χ3v) is 3.93. The maximum absolute atomic E-state index is 6.16. The summed E-state index contributed by atoms with van der Waals surface area (Å²) in [6.45, 7) is 0.378. The molecule has 0 atom stereocenters. The van der Waals surface area contributed by atoms with Crippen LogP contribution in [-0.2, 0) is 12.5 Å². The van der Waals surface area contributed by atoms with Crippen molar-refractivity contribution in [1.82, 2.24) is 0 Å². The lowest BCUT2D eigenvalue weighted by atomic mass is 10.2. The Bertz CT molecular complexity index is 602. The zero-order valence-electron chi connectivity index (χ0n) is 10.8. The van der Waals surface area contributed by atoms with Crippen LogP contribution in [0.15, 0.2) is 40.9 Å². The second kappa shape index (κ2) is 7.21. The molecular formula is C15H13BrCl2O2. The van der Waals surface area contributed by atoms with Gasteiger partial charge in [-0.15, -0.1) is 11.6 Å². The van der Waals surface area contributed by atoms with Crippen LogP contribution in [0.25, 0.3) is 0 Å². The Balaban J connectivity index is 2.14. The number of hydrogen-bond acceptors (Lipinski definition) is 2. The number of benzene rings is 2. The molecular weight excluding hydrogens is 363 g/mol. The summed E-state index contributed by atoms with van der Waals surface area (Å²) >= 11 is 15.3. The van der Waals surface area contributed by atoms with E-state index in [-0.39, 0.29) is 0 Å². The predicted octanol–water partition coefficient (Wildman–Crippen LogP) is 5.43. The highest BCUT2D eigenvalue weighted by Crippen LogP contribution is 2.30. The molecule has 0 radical (unpaired) electrons. The van der Waals surface area contributed by atoms with Crippen molar-refractivity contribution < 1.29 is 9.47 Å². The fraction of sp³-hybridized carbons (Fsp3) is 0.200. The second-order valence-corrected chi connectivity index (χ2v) is 5.73. The van der Waals surface area contributed by atoms with Crippen molar-refractivity contribution >= 4 is 39.1 Å². The summed E-state index contributed by atoms with van der Waals surface area (Å²) < 4.78 is 12.0. The Morgan fingerprint density at radius 2 is 1.90 bits per heavy atom. The Morgan fingerprint density at radius 1 is 1.10 bits per heavy atom. The van der Waals surface area contributed by atoms with Gasteiger partial charge >= 0.3 is 0 Å². The summed E-state index contributed by atoms with van der Waals surface area (Å²) in [6.07, 6.45) is 0. The summed E-state index contributed by atoms with van der Waals surface area (Å²) in [6, 6.07) is 11.3. The molecule has 0 unspecified atom stereocenters. The Hall–Kier alpha value is -0.900. The van der Waals surface area contributed by atoms with Gasteiger partial charge in [0.05, 0.1) is 7.11 Å². The van der Waals surface area contributed by atoms with Crippen molar-refractivity contribution in [3.05, 3.63) is 57.0 Å². The van der Waals surface area contributed by atoms with Crippen LogP contribution >= 0.6 is 39.1 Å². The normalized spacial score (nSPS) is 10.4. The van der Waals surface area contributed by atoms with Gasteiger partial charge in [-0.05, 0) is 29.8 Å². The average Bonchev–Trinajstić information content (AvgIpc) is 2.46. The van der Waals surface area contributed by atoms with Gasteiger partial charge in [0, 0.05) is 20.9 Å². The van der Waals surface area contributed by atoms with E-state index < -0.39 is 0 Å². The van der Waals surface area contributed by atoms with E-state index in [2.05, 4.69) is 15.9 Å². The first-order valence-electron chi connectivity index (χ1n) is 5.93. The first kappa shape index (κ1) is 15.5. The van der Waals surface area contributed by atoms with Gasteiger partial charge in [-0.25, -0.2) is 0 Å². The van der Waals surface area contributed by atoms with Gasteiger partial charge < -0.3 is 9.47 Å². The van der Waals surface area contributed by atoms with Crippen LogP contribution < -0.4 is 9.47 Å². The van der Waals surface area contributed by atoms with Crippen molar-refractivity contribution in [2.24, 2.45) is 0 Å². The molecule has 2 aromatic carbocycles. The molecule has 0 heterocycles. The molecule has 0 aliphatic carbocycles. The molecule has 0 saturated heterocycles. The number of rotatable bonds is 5. The highest BCUT2D eigenvalue weighted by Gasteiger charge is 2.07. The molecule has 106 valence electrons. The van der Waals surface area contributed by atoms with Gasteiger partial charge in [0.2, 0.25) is 0 Å². The number of halogens is 3. The SMILES string of the molecule is COc1cc(CCl)ccc1OCc1ccc(Br)cc1Cl. The smallest absolute Gasteiger partial charge is 0.161 e. The standard InChI is InChI=1S/C15H13BrCl2O2/c1-19-15-6-10(8-17)2-5-14(15)20-9-11-3-4-12(16)7-13(11)18/h2-7H,8-9H2,1H3. The van der Waals surface area contributed by atoms with E-state index in [1.807, 2.05) is 36.4 Å². The van der Waals surface area contributed by atoms with Crippen LogP contribution in [0.2, 0.25) is 5.02 Å². The molecule has 2 nitrogen and oxygen atoms in total. The maximum Gasteiger partial charge on any atom is 0.161 e. The van der Waals surface area contributed by atoms with Crippen LogP contribution in [0.1, 0.15) is 11.1 Å². The fourth-order valence-electron chi connectivity index (χ4n) is 1.71. The number of methoxy groups -OCH3 is 1. The maximum atomic E-state index is 6.16. The van der Waals surface area contributed by atoms with Crippen molar-refractivity contribution in [3.8, 4) is 11.5 Å². The summed E-state index contributed by atoms with van der Waals surface area (Å²) in [5, 5.41) is 0.663. The minimum atomic E-state index is 0.378. The zero-order chi connectivity index (χ0) is 14.5. The van der Waals surface area contributed by atoms with Gasteiger partial charge in [0.15, 0.2) is 11.5 Å². The quantitative estimate of drug-likeness (QED) is 0.648. The Morgan fingerprint density at radius 3 is 2.55 bits per heavy atom. The molecule has 0 aliphatic rings. The van der Waals surface area contributed by atoms with E-state index in [9.17, 15) is 0 Å². The molecule has 0 bridgehead atoms. The van der Waals surface area contributed by atoms with Crippen molar-refractivity contribution in [1.29, 1.82) is 0 Å². The fourth-order valence-corrected chi connectivity index (χ4v) is 2.60. The first-order valence-corrected chi connectivity index (χ1v) is 7.64. The van der Waals surface area contributed by atoms with Crippen molar-refractivity contribution in [3.63, 3.8) is 0 Å². The number of hydrogen-bond donors (Lipinski definition) is 0. The minimum Gasteiger partial charge on any atom is -0.493 e.